The van der Waals surface area contributed by atoms with Crippen molar-refractivity contribution in [2.24, 2.45) is 5.92 Å². The number of thiazole rings is 1. The van der Waals surface area contributed by atoms with Gasteiger partial charge >= 0.3 is 10.8 Å². The minimum atomic E-state index is -0.717. The Morgan fingerprint density at radius 2 is 1.79 bits per heavy atom. The number of allylic oxidation sites excluding steroid dienone is 1. The second kappa shape index (κ2) is 9.08. The van der Waals surface area contributed by atoms with Crippen molar-refractivity contribution in [3.63, 3.8) is 0 Å². The molecule has 0 aliphatic carbocycles. The van der Waals surface area contributed by atoms with Gasteiger partial charge in [0.25, 0.3) is 0 Å². The molecule has 5 rings (SSSR count). The van der Waals surface area contributed by atoms with E-state index in [0.29, 0.717) is 5.03 Å². The fourth-order valence-electron chi connectivity index (χ4n) is 4.33. The van der Waals surface area contributed by atoms with Crippen molar-refractivity contribution in [1.29, 1.82) is 0 Å². The topological polar surface area (TPSA) is 96.5 Å². The van der Waals surface area contributed by atoms with Crippen molar-refractivity contribution in [1.82, 2.24) is 4.98 Å². The highest BCUT2D eigenvalue weighted by molar-refractivity contribution is 8.00. The average molecular weight is 493 g/mol. The Morgan fingerprint density at radius 1 is 1.06 bits per heavy atom. The molecule has 1 saturated heterocycles. The SMILES string of the molecule is CCOC(=O)c1ccccc1N1C(=O)C2Sc3[nH]c(=O)sc3C(/C=C/c3ccccc3)C2C1=O. The number of carbonyl (C=O) groups is 3. The van der Waals surface area contributed by atoms with Crippen molar-refractivity contribution < 1.29 is 19.1 Å². The number of fused-ring (bicyclic) bond motifs is 2. The maximum Gasteiger partial charge on any atom is 0.340 e. The number of ether oxygens (including phenoxy) is 1. The zero-order chi connectivity index (χ0) is 23.8. The van der Waals surface area contributed by atoms with E-state index in [1.807, 2.05) is 42.5 Å². The van der Waals surface area contributed by atoms with Gasteiger partial charge in [0.1, 0.15) is 5.25 Å². The highest BCUT2D eigenvalue weighted by Crippen LogP contribution is 2.51. The second-order valence-electron chi connectivity index (χ2n) is 7.82. The number of esters is 1. The fraction of sp³-hybridized carbons (Fsp3) is 0.200. The summed E-state index contributed by atoms with van der Waals surface area (Å²) in [5.41, 5.74) is 1.32. The van der Waals surface area contributed by atoms with Gasteiger partial charge in [-0.25, -0.2) is 9.69 Å². The minimum Gasteiger partial charge on any atom is -0.462 e. The van der Waals surface area contributed by atoms with Gasteiger partial charge in [-0.15, -0.1) is 0 Å². The van der Waals surface area contributed by atoms with Gasteiger partial charge in [-0.3, -0.25) is 14.4 Å². The third-order valence-electron chi connectivity index (χ3n) is 5.81. The number of hydrogen-bond acceptors (Lipinski definition) is 7. The summed E-state index contributed by atoms with van der Waals surface area (Å²) in [4.78, 5) is 56.4. The molecule has 2 amide bonds. The van der Waals surface area contributed by atoms with E-state index in [1.165, 1.54) is 11.8 Å². The van der Waals surface area contributed by atoms with Crippen LogP contribution in [0.3, 0.4) is 0 Å². The number of rotatable bonds is 5. The number of aromatic amines is 1. The molecule has 0 bridgehead atoms. The van der Waals surface area contributed by atoms with Crippen LogP contribution in [0.2, 0.25) is 0 Å². The number of anilines is 1. The number of amides is 2. The Morgan fingerprint density at radius 3 is 2.56 bits per heavy atom. The first-order valence-corrected chi connectivity index (χ1v) is 12.5. The predicted octanol–water partition coefficient (Wildman–Crippen LogP) is 4.07. The maximum absolute atomic E-state index is 13.7. The molecule has 0 saturated carbocycles. The summed E-state index contributed by atoms with van der Waals surface area (Å²) < 4.78 is 5.13. The van der Waals surface area contributed by atoms with E-state index in [-0.39, 0.29) is 22.7 Å². The summed E-state index contributed by atoms with van der Waals surface area (Å²) >= 11 is 2.26. The zero-order valence-electron chi connectivity index (χ0n) is 18.1. The molecule has 7 nitrogen and oxygen atoms in total. The van der Waals surface area contributed by atoms with E-state index < -0.39 is 34.9 Å². The van der Waals surface area contributed by atoms with Crippen molar-refractivity contribution in [2.75, 3.05) is 11.5 Å². The number of nitrogens with one attached hydrogen (secondary N) is 1. The lowest BCUT2D eigenvalue weighted by Gasteiger charge is -2.27. The molecule has 3 unspecified atom stereocenters. The van der Waals surface area contributed by atoms with Crippen LogP contribution in [0.5, 0.6) is 0 Å². The van der Waals surface area contributed by atoms with Crippen LogP contribution in [0.4, 0.5) is 5.69 Å². The number of para-hydroxylation sites is 1. The Hall–Kier alpha value is -3.43. The van der Waals surface area contributed by atoms with Gasteiger partial charge in [-0.05, 0) is 24.6 Å². The molecule has 3 atom stereocenters. The Balaban J connectivity index is 1.57. The van der Waals surface area contributed by atoms with Crippen LogP contribution in [-0.4, -0.2) is 34.6 Å². The van der Waals surface area contributed by atoms with Crippen LogP contribution < -0.4 is 9.77 Å². The molecule has 2 aliphatic heterocycles. The quantitative estimate of drug-likeness (QED) is 0.426. The number of thioether (sulfide) groups is 1. The molecule has 0 radical (unpaired) electrons. The Labute approximate surface area is 203 Å². The molecule has 3 heterocycles. The number of nitrogens with zero attached hydrogens (tertiary/aromatic N) is 1. The number of carbonyl (C=O) groups excluding carboxylic acids is 3. The minimum absolute atomic E-state index is 0.161. The third-order valence-corrected chi connectivity index (χ3v) is 8.23. The van der Waals surface area contributed by atoms with E-state index in [4.69, 9.17) is 4.74 Å². The summed E-state index contributed by atoms with van der Waals surface area (Å²) in [6, 6.07) is 16.1. The molecule has 1 N–H and O–H groups in total. The van der Waals surface area contributed by atoms with E-state index in [2.05, 4.69) is 4.98 Å². The monoisotopic (exact) mass is 492 g/mol. The molecule has 0 spiro atoms. The van der Waals surface area contributed by atoms with Crippen molar-refractivity contribution in [3.8, 4) is 0 Å². The first-order chi connectivity index (χ1) is 16.5. The first-order valence-electron chi connectivity index (χ1n) is 10.8. The van der Waals surface area contributed by atoms with E-state index >= 15 is 0 Å². The highest BCUT2D eigenvalue weighted by atomic mass is 32.2. The third kappa shape index (κ3) is 3.80. The second-order valence-corrected chi connectivity index (χ2v) is 9.98. The molecule has 172 valence electrons. The van der Waals surface area contributed by atoms with Gasteiger partial charge in [-0.2, -0.15) is 0 Å². The van der Waals surface area contributed by atoms with Crippen LogP contribution in [0.25, 0.3) is 6.08 Å². The normalized spacial score (nSPS) is 21.6. The van der Waals surface area contributed by atoms with E-state index in [0.717, 1.165) is 26.7 Å². The molecular weight excluding hydrogens is 472 g/mol. The highest BCUT2D eigenvalue weighted by Gasteiger charge is 2.55. The van der Waals surface area contributed by atoms with Crippen LogP contribution in [-0.2, 0) is 14.3 Å². The lowest BCUT2D eigenvalue weighted by Crippen LogP contribution is -2.33. The van der Waals surface area contributed by atoms with Gasteiger partial charge in [0.2, 0.25) is 11.8 Å². The summed E-state index contributed by atoms with van der Waals surface area (Å²) in [5, 5.41) is -0.105. The van der Waals surface area contributed by atoms with Crippen LogP contribution in [0.15, 0.2) is 70.5 Å². The lowest BCUT2D eigenvalue weighted by atomic mass is 9.88. The molecule has 3 aromatic rings. The number of H-pyrrole nitrogens is 1. The molecule has 1 aromatic heterocycles. The molecule has 2 aromatic carbocycles. The van der Waals surface area contributed by atoms with Crippen molar-refractivity contribution in [3.05, 3.63) is 86.3 Å². The molecule has 1 fully saturated rings. The summed E-state index contributed by atoms with van der Waals surface area (Å²) in [6.45, 7) is 1.87. The average Bonchev–Trinajstić information content (AvgIpc) is 3.33. The molecule has 9 heteroatoms. The number of benzene rings is 2. The van der Waals surface area contributed by atoms with Crippen LogP contribution >= 0.6 is 23.1 Å². The van der Waals surface area contributed by atoms with Gasteiger partial charge in [0.05, 0.1) is 28.8 Å². The summed E-state index contributed by atoms with van der Waals surface area (Å²) in [5.74, 6) is -2.56. The Bertz CT molecular complexity index is 1360. The van der Waals surface area contributed by atoms with Gasteiger partial charge < -0.3 is 9.72 Å². The lowest BCUT2D eigenvalue weighted by molar-refractivity contribution is -0.122. The van der Waals surface area contributed by atoms with E-state index in [9.17, 15) is 19.2 Å². The standard InChI is InChI=1S/C25H20N2O5S2/c1-2-32-24(30)15-10-6-7-11-17(15)27-22(28)18-16(13-12-14-8-4-3-5-9-14)19-21(26-25(31)34-19)33-20(18)23(27)29/h3-13,16,18,20H,2H2,1H3,(H,26,31)/b13-12+. The van der Waals surface area contributed by atoms with Gasteiger partial charge in [0, 0.05) is 10.8 Å². The molecule has 2 aliphatic rings. The fourth-order valence-corrected chi connectivity index (χ4v) is 6.82. The summed E-state index contributed by atoms with van der Waals surface area (Å²) in [6.07, 6.45) is 3.79. The Kier molecular flexibility index (Phi) is 5.97. The van der Waals surface area contributed by atoms with Gasteiger partial charge in [0.15, 0.2) is 0 Å². The largest absolute Gasteiger partial charge is 0.462 e. The van der Waals surface area contributed by atoms with Gasteiger partial charge in [-0.1, -0.05) is 77.7 Å². The first kappa shape index (κ1) is 22.4. The number of aromatic nitrogens is 1. The molecular formula is C25H20N2O5S2. The maximum atomic E-state index is 13.7. The smallest absolute Gasteiger partial charge is 0.340 e. The number of hydrogen-bond donors (Lipinski definition) is 1. The van der Waals surface area contributed by atoms with Crippen molar-refractivity contribution in [2.45, 2.75) is 23.1 Å². The summed E-state index contributed by atoms with van der Waals surface area (Å²) in [7, 11) is 0. The van der Waals surface area contributed by atoms with Crippen LogP contribution in [0, 0.1) is 5.92 Å². The predicted molar refractivity (Wildman–Crippen MR) is 131 cm³/mol. The number of imide groups is 1. The van der Waals surface area contributed by atoms with Crippen molar-refractivity contribution >= 4 is 52.6 Å². The van der Waals surface area contributed by atoms with E-state index in [1.54, 1.807) is 31.2 Å². The zero-order valence-corrected chi connectivity index (χ0v) is 19.7. The molecule has 34 heavy (non-hydrogen) atoms. The van der Waals surface area contributed by atoms with Crippen LogP contribution in [0.1, 0.15) is 33.6 Å².